The van der Waals surface area contributed by atoms with Crippen molar-refractivity contribution >= 4 is 23.1 Å². The van der Waals surface area contributed by atoms with E-state index in [-0.39, 0.29) is 0 Å². The Hall–Kier alpha value is -1.07. The number of hydrogen-bond acceptors (Lipinski definition) is 5. The molecule has 104 valence electrons. The maximum atomic E-state index is 6.12. The third kappa shape index (κ3) is 2.49. The summed E-state index contributed by atoms with van der Waals surface area (Å²) in [5.41, 5.74) is 0.819. The smallest absolute Gasteiger partial charge is 0.157 e. The first-order chi connectivity index (χ1) is 9.29. The van der Waals surface area contributed by atoms with Crippen LogP contribution in [0.1, 0.15) is 19.3 Å². The number of fused-ring (bicyclic) bond motifs is 1. The Morgan fingerprint density at radius 3 is 3.16 bits per heavy atom. The van der Waals surface area contributed by atoms with Gasteiger partial charge in [0.1, 0.15) is 12.0 Å². The number of piperidine rings is 1. The second-order valence-electron chi connectivity index (χ2n) is 5.16. The zero-order valence-corrected chi connectivity index (χ0v) is 11.9. The third-order valence-corrected chi connectivity index (χ3v) is 4.33. The molecule has 1 aromatic heterocycles. The van der Waals surface area contributed by atoms with Gasteiger partial charge in [0.25, 0.3) is 0 Å². The fraction of sp³-hybridized carbons (Fsp3) is 0.692. The van der Waals surface area contributed by atoms with Crippen molar-refractivity contribution in [3.63, 3.8) is 0 Å². The predicted molar refractivity (Wildman–Crippen MR) is 75.9 cm³/mol. The highest BCUT2D eigenvalue weighted by atomic mass is 35.5. The van der Waals surface area contributed by atoms with Crippen LogP contribution in [-0.2, 0) is 4.74 Å². The molecule has 2 aliphatic rings. The number of ether oxygens (including phenoxy) is 1. The molecule has 1 aromatic rings. The van der Waals surface area contributed by atoms with Gasteiger partial charge in [-0.15, -0.1) is 0 Å². The second kappa shape index (κ2) is 5.51. The van der Waals surface area contributed by atoms with Gasteiger partial charge in [0, 0.05) is 32.7 Å². The van der Waals surface area contributed by atoms with Gasteiger partial charge in [-0.25, -0.2) is 9.97 Å². The molecule has 0 saturated carbocycles. The number of hydrogen-bond donors (Lipinski definition) is 1. The molecule has 0 aromatic carbocycles. The third-order valence-electron chi connectivity index (χ3n) is 4.05. The number of halogens is 1. The van der Waals surface area contributed by atoms with Crippen molar-refractivity contribution in [2.24, 2.45) is 5.92 Å². The largest absolute Gasteiger partial charge is 0.383 e. The van der Waals surface area contributed by atoms with Crippen molar-refractivity contribution in [1.29, 1.82) is 0 Å². The molecule has 5 nitrogen and oxygen atoms in total. The molecular formula is C13H19ClN4O. The molecule has 19 heavy (non-hydrogen) atoms. The summed E-state index contributed by atoms with van der Waals surface area (Å²) in [4.78, 5) is 10.7. The molecule has 2 saturated heterocycles. The minimum absolute atomic E-state index is 0.431. The summed E-state index contributed by atoms with van der Waals surface area (Å²) in [7, 11) is 1.85. The molecule has 2 aliphatic heterocycles. The average Bonchev–Trinajstić information content (AvgIpc) is 2.46. The molecule has 1 N–H and O–H groups in total. The van der Waals surface area contributed by atoms with Gasteiger partial charge in [0.15, 0.2) is 11.0 Å². The van der Waals surface area contributed by atoms with E-state index in [4.69, 9.17) is 16.3 Å². The standard InChI is InChI=1S/C13H19ClN4O/c1-15-11-12(14)16-8-17-13(11)18-5-4-10-9(7-18)3-2-6-19-10/h8-10,15H,2-7H2,1H3. The molecule has 6 heteroatoms. The topological polar surface area (TPSA) is 50.3 Å². The van der Waals surface area contributed by atoms with Gasteiger partial charge in [-0.1, -0.05) is 11.6 Å². The van der Waals surface area contributed by atoms with Crippen LogP contribution in [0, 0.1) is 5.92 Å². The zero-order valence-electron chi connectivity index (χ0n) is 11.1. The highest BCUT2D eigenvalue weighted by Crippen LogP contribution is 2.34. The Labute approximate surface area is 118 Å². The van der Waals surface area contributed by atoms with Gasteiger partial charge in [-0.2, -0.15) is 0 Å². The minimum Gasteiger partial charge on any atom is -0.383 e. The summed E-state index contributed by atoms with van der Waals surface area (Å²) < 4.78 is 5.85. The van der Waals surface area contributed by atoms with Crippen LogP contribution in [0.25, 0.3) is 0 Å². The molecule has 2 atom stereocenters. The summed E-state index contributed by atoms with van der Waals surface area (Å²) in [5.74, 6) is 1.52. The number of anilines is 2. The van der Waals surface area contributed by atoms with Crippen LogP contribution < -0.4 is 10.2 Å². The van der Waals surface area contributed by atoms with E-state index in [1.54, 1.807) is 0 Å². The van der Waals surface area contributed by atoms with E-state index in [0.717, 1.165) is 37.6 Å². The average molecular weight is 283 g/mol. The molecule has 0 spiro atoms. The normalized spacial score (nSPS) is 26.9. The second-order valence-corrected chi connectivity index (χ2v) is 5.52. The van der Waals surface area contributed by atoms with Crippen LogP contribution in [0.3, 0.4) is 0 Å². The first-order valence-electron chi connectivity index (χ1n) is 6.84. The summed E-state index contributed by atoms with van der Waals surface area (Å²) in [6.07, 6.45) is 5.44. The Morgan fingerprint density at radius 2 is 2.32 bits per heavy atom. The van der Waals surface area contributed by atoms with E-state index in [2.05, 4.69) is 20.2 Å². The van der Waals surface area contributed by atoms with E-state index < -0.39 is 0 Å². The van der Waals surface area contributed by atoms with Gasteiger partial charge in [0.2, 0.25) is 0 Å². The maximum absolute atomic E-state index is 6.12. The van der Waals surface area contributed by atoms with Gasteiger partial charge in [-0.3, -0.25) is 0 Å². The lowest BCUT2D eigenvalue weighted by molar-refractivity contribution is -0.0358. The van der Waals surface area contributed by atoms with Crippen molar-refractivity contribution in [3.8, 4) is 0 Å². The lowest BCUT2D eigenvalue weighted by Gasteiger charge is -2.41. The zero-order chi connectivity index (χ0) is 13.2. The van der Waals surface area contributed by atoms with Crippen LogP contribution in [0.5, 0.6) is 0 Å². The highest BCUT2D eigenvalue weighted by molar-refractivity contribution is 6.32. The quantitative estimate of drug-likeness (QED) is 0.843. The maximum Gasteiger partial charge on any atom is 0.157 e. The van der Waals surface area contributed by atoms with E-state index in [1.165, 1.54) is 19.2 Å². The molecule has 0 amide bonds. The van der Waals surface area contributed by atoms with Crippen molar-refractivity contribution in [1.82, 2.24) is 9.97 Å². The summed E-state index contributed by atoms with van der Waals surface area (Å²) >= 11 is 6.12. The molecule has 0 radical (unpaired) electrons. The number of aromatic nitrogens is 2. The fourth-order valence-corrected chi connectivity index (χ4v) is 3.31. The van der Waals surface area contributed by atoms with Crippen molar-refractivity contribution in [2.75, 3.05) is 37.0 Å². The Kier molecular flexibility index (Phi) is 3.75. The van der Waals surface area contributed by atoms with Crippen molar-refractivity contribution in [3.05, 3.63) is 11.5 Å². The number of nitrogens with one attached hydrogen (secondary N) is 1. The van der Waals surface area contributed by atoms with Crippen LogP contribution in [0.15, 0.2) is 6.33 Å². The molecule has 3 heterocycles. The summed E-state index contributed by atoms with van der Waals surface area (Å²) in [6, 6.07) is 0. The summed E-state index contributed by atoms with van der Waals surface area (Å²) in [5, 5.41) is 3.58. The molecule has 3 rings (SSSR count). The molecule has 2 fully saturated rings. The number of nitrogens with zero attached hydrogens (tertiary/aromatic N) is 3. The van der Waals surface area contributed by atoms with Crippen LogP contribution in [-0.4, -0.2) is 42.8 Å². The minimum atomic E-state index is 0.431. The lowest BCUT2D eigenvalue weighted by Crippen LogP contribution is -2.46. The monoisotopic (exact) mass is 282 g/mol. The van der Waals surface area contributed by atoms with E-state index in [1.807, 2.05) is 7.05 Å². The molecular weight excluding hydrogens is 264 g/mol. The van der Waals surface area contributed by atoms with E-state index >= 15 is 0 Å². The van der Waals surface area contributed by atoms with Gasteiger partial charge in [0.05, 0.1) is 6.10 Å². The highest BCUT2D eigenvalue weighted by Gasteiger charge is 2.33. The van der Waals surface area contributed by atoms with Crippen LogP contribution in [0.2, 0.25) is 5.15 Å². The summed E-state index contributed by atoms with van der Waals surface area (Å²) in [6.45, 7) is 2.87. The van der Waals surface area contributed by atoms with Gasteiger partial charge in [-0.05, 0) is 19.3 Å². The van der Waals surface area contributed by atoms with E-state index in [0.29, 0.717) is 17.2 Å². The Morgan fingerprint density at radius 1 is 1.42 bits per heavy atom. The van der Waals surface area contributed by atoms with Crippen molar-refractivity contribution < 1.29 is 4.74 Å². The van der Waals surface area contributed by atoms with Gasteiger partial charge < -0.3 is 15.0 Å². The first-order valence-corrected chi connectivity index (χ1v) is 7.22. The lowest BCUT2D eigenvalue weighted by atomic mass is 9.88. The molecule has 0 aliphatic carbocycles. The number of rotatable bonds is 2. The molecule has 2 unspecified atom stereocenters. The SMILES string of the molecule is CNc1c(Cl)ncnc1N1CCC2OCCCC2C1. The first kappa shape index (κ1) is 12.9. The van der Waals surface area contributed by atoms with Crippen LogP contribution in [0.4, 0.5) is 11.5 Å². The predicted octanol–water partition coefficient (Wildman–Crippen LogP) is 2.18. The Balaban J connectivity index is 1.81. The van der Waals surface area contributed by atoms with Crippen molar-refractivity contribution in [2.45, 2.75) is 25.4 Å². The Bertz CT molecular complexity index is 456. The van der Waals surface area contributed by atoms with Crippen LogP contribution >= 0.6 is 11.6 Å². The fourth-order valence-electron chi connectivity index (χ4n) is 3.09. The van der Waals surface area contributed by atoms with Gasteiger partial charge >= 0.3 is 0 Å². The molecule has 0 bridgehead atoms. The van der Waals surface area contributed by atoms with E-state index in [9.17, 15) is 0 Å².